The molecule has 19 heavy (non-hydrogen) atoms. The minimum absolute atomic E-state index is 0.167. The highest BCUT2D eigenvalue weighted by molar-refractivity contribution is 9.10. The monoisotopic (exact) mass is 346 g/mol. The Hall–Kier alpha value is -0.430. The fourth-order valence-corrected chi connectivity index (χ4v) is 4.94. The lowest BCUT2D eigenvalue weighted by Crippen LogP contribution is -2.44. The van der Waals surface area contributed by atoms with E-state index in [2.05, 4.69) is 20.7 Å². The van der Waals surface area contributed by atoms with E-state index in [0.717, 1.165) is 25.7 Å². The van der Waals surface area contributed by atoms with Crippen molar-refractivity contribution >= 4 is 26.0 Å². The zero-order chi connectivity index (χ0) is 13.9. The van der Waals surface area contributed by atoms with Gasteiger partial charge in [0.05, 0.1) is 4.90 Å². The smallest absolute Gasteiger partial charge is 0.241 e. The second kappa shape index (κ2) is 6.35. The number of rotatable bonds is 5. The molecular weight excluding hydrogens is 328 g/mol. The first-order valence-corrected chi connectivity index (χ1v) is 8.79. The normalized spacial score (nSPS) is 18.6. The largest absolute Gasteiger partial charge is 0.329 e. The fraction of sp³-hybridized carbons (Fsp3) is 0.538. The van der Waals surface area contributed by atoms with Crippen molar-refractivity contribution in [3.63, 3.8) is 0 Å². The van der Waals surface area contributed by atoms with E-state index < -0.39 is 10.0 Å². The molecule has 0 amide bonds. The summed E-state index contributed by atoms with van der Waals surface area (Å²) in [6.07, 6.45) is 4.44. The molecule has 1 fully saturated rings. The van der Waals surface area contributed by atoms with E-state index in [1.54, 1.807) is 24.3 Å². The highest BCUT2D eigenvalue weighted by Crippen LogP contribution is 2.29. The number of hydrogen-bond donors (Lipinski definition) is 2. The molecule has 1 aromatic rings. The van der Waals surface area contributed by atoms with Crippen molar-refractivity contribution in [1.82, 2.24) is 4.72 Å². The minimum atomic E-state index is -3.52. The Balaban J connectivity index is 2.18. The van der Waals surface area contributed by atoms with Gasteiger partial charge >= 0.3 is 0 Å². The van der Waals surface area contributed by atoms with Gasteiger partial charge in [-0.25, -0.2) is 13.1 Å². The van der Waals surface area contributed by atoms with E-state index in [-0.39, 0.29) is 10.9 Å². The van der Waals surface area contributed by atoms with Crippen molar-refractivity contribution in [2.45, 2.75) is 36.6 Å². The number of halogens is 1. The molecule has 0 bridgehead atoms. The summed E-state index contributed by atoms with van der Waals surface area (Å²) in [5.74, 6) is 0.363. The first-order chi connectivity index (χ1) is 9.04. The molecule has 0 saturated heterocycles. The standard InChI is InChI=1S/C13H19BrN2O2S/c14-11-7-3-4-8-13(11)19(17,18)16-12(9-15)10-5-1-2-6-10/h3-4,7-8,10,12,16H,1-2,5-6,9,15H2. The van der Waals surface area contributed by atoms with Crippen LogP contribution in [0.3, 0.4) is 0 Å². The summed E-state index contributed by atoms with van der Waals surface area (Å²) >= 11 is 3.28. The molecule has 4 nitrogen and oxygen atoms in total. The van der Waals surface area contributed by atoms with Gasteiger partial charge in [-0.2, -0.15) is 0 Å². The number of hydrogen-bond acceptors (Lipinski definition) is 3. The predicted molar refractivity (Wildman–Crippen MR) is 79.3 cm³/mol. The molecule has 1 atom stereocenters. The molecule has 1 unspecified atom stereocenters. The zero-order valence-corrected chi connectivity index (χ0v) is 13.1. The first kappa shape index (κ1) is 15.0. The maximum Gasteiger partial charge on any atom is 0.241 e. The molecule has 2 rings (SSSR count). The van der Waals surface area contributed by atoms with Gasteiger partial charge in [-0.15, -0.1) is 0 Å². The molecule has 6 heteroatoms. The summed E-state index contributed by atoms with van der Waals surface area (Å²) in [4.78, 5) is 0.270. The van der Waals surface area contributed by atoms with Crippen LogP contribution in [-0.2, 0) is 10.0 Å². The lowest BCUT2D eigenvalue weighted by atomic mass is 9.99. The van der Waals surface area contributed by atoms with Crippen LogP contribution in [0.2, 0.25) is 0 Å². The van der Waals surface area contributed by atoms with Crippen LogP contribution in [0.1, 0.15) is 25.7 Å². The molecule has 0 radical (unpaired) electrons. The SMILES string of the molecule is NCC(NS(=O)(=O)c1ccccc1Br)C1CCCC1. The van der Waals surface area contributed by atoms with E-state index in [1.807, 2.05) is 0 Å². The van der Waals surface area contributed by atoms with Crippen LogP contribution in [0, 0.1) is 5.92 Å². The third kappa shape index (κ3) is 3.56. The van der Waals surface area contributed by atoms with Crippen LogP contribution < -0.4 is 10.5 Å². The molecule has 0 spiro atoms. The maximum absolute atomic E-state index is 12.4. The van der Waals surface area contributed by atoms with E-state index >= 15 is 0 Å². The van der Waals surface area contributed by atoms with Crippen molar-refractivity contribution in [3.05, 3.63) is 28.7 Å². The van der Waals surface area contributed by atoms with Gasteiger partial charge in [-0.05, 0) is 46.8 Å². The number of benzene rings is 1. The van der Waals surface area contributed by atoms with E-state index in [0.29, 0.717) is 16.9 Å². The van der Waals surface area contributed by atoms with E-state index in [4.69, 9.17) is 5.73 Å². The van der Waals surface area contributed by atoms with Crippen LogP contribution >= 0.6 is 15.9 Å². The Labute approximate surface area is 122 Å². The zero-order valence-electron chi connectivity index (χ0n) is 10.7. The quantitative estimate of drug-likeness (QED) is 0.858. The van der Waals surface area contributed by atoms with Crippen LogP contribution in [0.4, 0.5) is 0 Å². The molecule has 1 aliphatic carbocycles. The van der Waals surface area contributed by atoms with Crippen molar-refractivity contribution in [3.8, 4) is 0 Å². The van der Waals surface area contributed by atoms with Gasteiger partial charge in [0.25, 0.3) is 0 Å². The molecule has 0 aromatic heterocycles. The molecule has 106 valence electrons. The number of nitrogens with one attached hydrogen (secondary N) is 1. The van der Waals surface area contributed by atoms with Crippen LogP contribution in [0.15, 0.2) is 33.6 Å². The highest BCUT2D eigenvalue weighted by Gasteiger charge is 2.29. The minimum Gasteiger partial charge on any atom is -0.329 e. The summed E-state index contributed by atoms with van der Waals surface area (Å²) in [5, 5.41) is 0. The summed E-state index contributed by atoms with van der Waals surface area (Å²) in [5.41, 5.74) is 5.74. The second-order valence-electron chi connectivity index (χ2n) is 4.94. The van der Waals surface area contributed by atoms with Gasteiger partial charge in [0.1, 0.15) is 0 Å². The van der Waals surface area contributed by atoms with Crippen LogP contribution in [-0.4, -0.2) is 21.0 Å². The van der Waals surface area contributed by atoms with Crippen molar-refractivity contribution < 1.29 is 8.42 Å². The average Bonchev–Trinajstić information content (AvgIpc) is 2.90. The molecule has 0 heterocycles. The molecule has 1 saturated carbocycles. The van der Waals surface area contributed by atoms with Crippen LogP contribution in [0.5, 0.6) is 0 Å². The van der Waals surface area contributed by atoms with Crippen molar-refractivity contribution in [2.24, 2.45) is 11.7 Å². The topological polar surface area (TPSA) is 72.2 Å². The number of nitrogens with two attached hydrogens (primary N) is 1. The summed E-state index contributed by atoms with van der Waals surface area (Å²) < 4.78 is 28.1. The second-order valence-corrected chi connectivity index (χ2v) is 7.48. The Bertz CT molecular complexity index is 527. The van der Waals surface area contributed by atoms with Crippen LogP contribution in [0.25, 0.3) is 0 Å². The van der Waals surface area contributed by atoms with Gasteiger partial charge in [-0.1, -0.05) is 25.0 Å². The van der Waals surface area contributed by atoms with E-state index in [1.165, 1.54) is 0 Å². The van der Waals surface area contributed by atoms with Gasteiger partial charge in [0.15, 0.2) is 0 Å². The highest BCUT2D eigenvalue weighted by atomic mass is 79.9. The fourth-order valence-electron chi connectivity index (χ4n) is 2.62. The Morgan fingerprint density at radius 2 is 1.95 bits per heavy atom. The average molecular weight is 347 g/mol. The first-order valence-electron chi connectivity index (χ1n) is 6.51. The van der Waals surface area contributed by atoms with E-state index in [9.17, 15) is 8.42 Å². The van der Waals surface area contributed by atoms with Crippen molar-refractivity contribution in [1.29, 1.82) is 0 Å². The Morgan fingerprint density at radius 1 is 1.32 bits per heavy atom. The Kier molecular flexibility index (Phi) is 5.00. The third-order valence-electron chi connectivity index (χ3n) is 3.66. The molecule has 0 aliphatic heterocycles. The van der Waals surface area contributed by atoms with Gasteiger partial charge in [0, 0.05) is 17.1 Å². The predicted octanol–water partition coefficient (Wildman–Crippen LogP) is 2.24. The molecule has 1 aromatic carbocycles. The lowest BCUT2D eigenvalue weighted by molar-refractivity contribution is 0.405. The van der Waals surface area contributed by atoms with Gasteiger partial charge < -0.3 is 5.73 Å². The maximum atomic E-state index is 12.4. The molecule has 1 aliphatic rings. The molecule has 3 N–H and O–H groups in total. The lowest BCUT2D eigenvalue weighted by Gasteiger charge is -2.23. The number of sulfonamides is 1. The third-order valence-corrected chi connectivity index (χ3v) is 6.16. The summed E-state index contributed by atoms with van der Waals surface area (Å²) in [7, 11) is -3.52. The van der Waals surface area contributed by atoms with Crippen molar-refractivity contribution in [2.75, 3.05) is 6.54 Å². The van der Waals surface area contributed by atoms with Gasteiger partial charge in [0.2, 0.25) is 10.0 Å². The summed E-state index contributed by atoms with van der Waals surface area (Å²) in [6, 6.07) is 6.66. The Morgan fingerprint density at radius 3 is 2.53 bits per heavy atom. The van der Waals surface area contributed by atoms with Gasteiger partial charge in [-0.3, -0.25) is 0 Å². The molecular formula is C13H19BrN2O2S. The summed E-state index contributed by atoms with van der Waals surface area (Å²) in [6.45, 7) is 0.342.